The van der Waals surface area contributed by atoms with Crippen LogP contribution in [0.5, 0.6) is 11.5 Å². The SMILES string of the molecule is CC(=O)C1CCC(C(=O)Oc2ccc(OC(=O)C3CCC(C(C)=O)CC3)c3sc(-c4cc5cc(C)cc(C)c5s4)nc23)CC1. The lowest BCUT2D eigenvalue weighted by molar-refractivity contribution is -0.141. The highest BCUT2D eigenvalue weighted by molar-refractivity contribution is 7.28. The quantitative estimate of drug-likeness (QED) is 0.149. The number of carbonyl (C=O) groups excluding carboxylic acids is 4. The number of carbonyl (C=O) groups is 4. The summed E-state index contributed by atoms with van der Waals surface area (Å²) in [6, 6.07) is 9.83. The van der Waals surface area contributed by atoms with Gasteiger partial charge in [0.2, 0.25) is 0 Å². The number of thiazole rings is 1. The lowest BCUT2D eigenvalue weighted by atomic mass is 9.80. The summed E-state index contributed by atoms with van der Waals surface area (Å²) in [5.74, 6) is -0.00214. The van der Waals surface area contributed by atoms with E-state index in [1.165, 1.54) is 27.2 Å². The normalized spacial score (nSPS) is 22.2. The molecule has 2 saturated carbocycles. The number of aryl methyl sites for hydroxylation is 2. The molecule has 0 spiro atoms. The number of esters is 2. The zero-order chi connectivity index (χ0) is 31.1. The zero-order valence-electron chi connectivity index (χ0n) is 25.6. The van der Waals surface area contributed by atoms with E-state index in [2.05, 4.69) is 32.0 Å². The third kappa shape index (κ3) is 6.22. The van der Waals surface area contributed by atoms with Crippen LogP contribution < -0.4 is 9.47 Å². The highest BCUT2D eigenvalue weighted by Gasteiger charge is 2.32. The summed E-state index contributed by atoms with van der Waals surface area (Å²) in [7, 11) is 0. The number of nitrogens with zero attached hydrogens (tertiary/aromatic N) is 1. The van der Waals surface area contributed by atoms with Crippen molar-refractivity contribution in [1.29, 1.82) is 0 Å². The Bertz CT molecular complexity index is 1680. The van der Waals surface area contributed by atoms with Crippen molar-refractivity contribution >= 4 is 66.5 Å². The Kier molecular flexibility index (Phi) is 8.70. The maximum absolute atomic E-state index is 13.3. The lowest BCUT2D eigenvalue weighted by Gasteiger charge is -2.25. The highest BCUT2D eigenvalue weighted by Crippen LogP contribution is 2.45. The van der Waals surface area contributed by atoms with Crippen molar-refractivity contribution in [1.82, 2.24) is 4.98 Å². The molecule has 0 bridgehead atoms. The summed E-state index contributed by atoms with van der Waals surface area (Å²) < 4.78 is 13.8. The third-order valence-corrected chi connectivity index (χ3v) is 11.8. The second kappa shape index (κ2) is 12.5. The van der Waals surface area contributed by atoms with E-state index in [1.54, 1.807) is 37.3 Å². The van der Waals surface area contributed by atoms with Crippen molar-refractivity contribution < 1.29 is 28.7 Å². The van der Waals surface area contributed by atoms with Crippen LogP contribution in [0.3, 0.4) is 0 Å². The summed E-state index contributed by atoms with van der Waals surface area (Å²) >= 11 is 3.09. The fraction of sp³-hybridized carbons (Fsp3) is 0.457. The Morgan fingerprint density at radius 3 is 1.77 bits per heavy atom. The van der Waals surface area contributed by atoms with Gasteiger partial charge in [-0.25, -0.2) is 4.98 Å². The lowest BCUT2D eigenvalue weighted by Crippen LogP contribution is -2.28. The summed E-state index contributed by atoms with van der Waals surface area (Å²) in [6.07, 6.45) is 5.28. The molecule has 2 fully saturated rings. The summed E-state index contributed by atoms with van der Waals surface area (Å²) in [4.78, 5) is 56.1. The zero-order valence-corrected chi connectivity index (χ0v) is 27.2. The number of hydrogen-bond acceptors (Lipinski definition) is 9. The van der Waals surface area contributed by atoms with Crippen LogP contribution in [0, 0.1) is 37.5 Å². The molecule has 0 aliphatic heterocycles. The molecular weight excluding hydrogens is 595 g/mol. The average molecular weight is 632 g/mol. The first-order valence-electron chi connectivity index (χ1n) is 15.5. The van der Waals surface area contributed by atoms with E-state index in [9.17, 15) is 19.2 Å². The Labute approximate surface area is 265 Å². The molecule has 9 heteroatoms. The molecule has 0 saturated heterocycles. The smallest absolute Gasteiger partial charge is 0.314 e. The summed E-state index contributed by atoms with van der Waals surface area (Å²) in [6.45, 7) is 7.43. The van der Waals surface area contributed by atoms with Gasteiger partial charge in [-0.1, -0.05) is 17.7 Å². The molecule has 2 aliphatic rings. The molecule has 0 radical (unpaired) electrons. The van der Waals surface area contributed by atoms with E-state index in [4.69, 9.17) is 14.5 Å². The fourth-order valence-electron chi connectivity index (χ4n) is 6.70. The maximum atomic E-state index is 13.3. The van der Waals surface area contributed by atoms with Crippen LogP contribution in [-0.4, -0.2) is 28.5 Å². The highest BCUT2D eigenvalue weighted by atomic mass is 32.1. The Balaban J connectivity index is 1.31. The molecule has 0 unspecified atom stereocenters. The van der Waals surface area contributed by atoms with E-state index in [1.807, 2.05) is 0 Å². The first-order chi connectivity index (χ1) is 21.1. The van der Waals surface area contributed by atoms with Crippen molar-refractivity contribution in [2.24, 2.45) is 23.7 Å². The van der Waals surface area contributed by atoms with E-state index in [0.29, 0.717) is 73.1 Å². The molecule has 0 amide bonds. The first kappa shape index (κ1) is 30.6. The predicted octanol–water partition coefficient (Wildman–Crippen LogP) is 8.40. The first-order valence-corrected chi connectivity index (χ1v) is 17.1. The van der Waals surface area contributed by atoms with Gasteiger partial charge in [0.1, 0.15) is 26.8 Å². The van der Waals surface area contributed by atoms with Crippen molar-refractivity contribution in [2.75, 3.05) is 0 Å². The van der Waals surface area contributed by atoms with Crippen molar-refractivity contribution in [2.45, 2.75) is 79.1 Å². The minimum atomic E-state index is -0.317. The Morgan fingerprint density at radius 1 is 0.682 bits per heavy atom. The molecular formula is C35H37NO6S2. The van der Waals surface area contributed by atoms with Crippen LogP contribution in [-0.2, 0) is 19.2 Å². The standard InChI is InChI=1S/C35H37NO6S2/c1-18-15-19(2)31-26(16-18)17-29(43-31)33-36-30-27(41-34(39)24-9-5-22(6-10-24)20(3)37)13-14-28(32(30)44-33)42-35(40)25-11-7-23(8-12-25)21(4)38/h13-17,22-25H,5-12H2,1-4H3. The number of thiophene rings is 1. The van der Waals surface area contributed by atoms with E-state index >= 15 is 0 Å². The van der Waals surface area contributed by atoms with Gasteiger partial charge in [0.25, 0.3) is 0 Å². The maximum Gasteiger partial charge on any atom is 0.314 e. The molecule has 44 heavy (non-hydrogen) atoms. The number of hydrogen-bond donors (Lipinski definition) is 0. The van der Waals surface area contributed by atoms with Crippen molar-refractivity contribution in [3.63, 3.8) is 0 Å². The molecule has 4 aromatic rings. The number of rotatable bonds is 7. The van der Waals surface area contributed by atoms with Gasteiger partial charge in [0.15, 0.2) is 11.5 Å². The van der Waals surface area contributed by atoms with Crippen LogP contribution in [0.25, 0.3) is 30.2 Å². The van der Waals surface area contributed by atoms with E-state index in [-0.39, 0.29) is 47.2 Å². The average Bonchev–Trinajstić information content (AvgIpc) is 3.64. The van der Waals surface area contributed by atoms with Gasteiger partial charge < -0.3 is 9.47 Å². The number of ether oxygens (including phenoxy) is 2. The van der Waals surface area contributed by atoms with Gasteiger partial charge in [0.05, 0.1) is 16.7 Å². The molecule has 0 N–H and O–H groups in total. The summed E-state index contributed by atoms with van der Waals surface area (Å²) in [5, 5.41) is 1.92. The van der Waals surface area contributed by atoms with Gasteiger partial charge in [-0.05, 0) is 108 Å². The predicted molar refractivity (Wildman–Crippen MR) is 173 cm³/mol. The fourth-order valence-corrected chi connectivity index (χ4v) is 8.89. The number of aromatic nitrogens is 1. The number of ketones is 2. The molecule has 2 heterocycles. The minimum absolute atomic E-state index is 0.0204. The largest absolute Gasteiger partial charge is 0.425 e. The van der Waals surface area contributed by atoms with Crippen LogP contribution in [0.4, 0.5) is 0 Å². The van der Waals surface area contributed by atoms with E-state index < -0.39 is 0 Å². The summed E-state index contributed by atoms with van der Waals surface area (Å²) in [5.41, 5.74) is 2.90. The number of Topliss-reactive ketones (excluding diaryl/α,β-unsaturated/α-hetero) is 2. The number of benzene rings is 2. The van der Waals surface area contributed by atoms with Crippen molar-refractivity contribution in [3.8, 4) is 21.4 Å². The van der Waals surface area contributed by atoms with Gasteiger partial charge in [-0.15, -0.1) is 22.7 Å². The second-order valence-electron chi connectivity index (χ2n) is 12.5. The monoisotopic (exact) mass is 631 g/mol. The second-order valence-corrected chi connectivity index (χ2v) is 14.6. The van der Waals surface area contributed by atoms with Crippen LogP contribution in [0.15, 0.2) is 30.3 Å². The molecule has 2 aliphatic carbocycles. The van der Waals surface area contributed by atoms with Gasteiger partial charge in [-0.3, -0.25) is 19.2 Å². The van der Waals surface area contributed by atoms with Crippen LogP contribution in [0.2, 0.25) is 0 Å². The minimum Gasteiger partial charge on any atom is -0.425 e. The molecule has 2 aromatic heterocycles. The van der Waals surface area contributed by atoms with Crippen LogP contribution >= 0.6 is 22.7 Å². The van der Waals surface area contributed by atoms with Crippen LogP contribution in [0.1, 0.15) is 76.3 Å². The van der Waals surface area contributed by atoms with Crippen molar-refractivity contribution in [3.05, 3.63) is 41.5 Å². The Morgan fingerprint density at radius 2 is 1.20 bits per heavy atom. The van der Waals surface area contributed by atoms with E-state index in [0.717, 1.165) is 15.3 Å². The number of fused-ring (bicyclic) bond motifs is 2. The Hall–Kier alpha value is -3.43. The third-order valence-electron chi connectivity index (χ3n) is 9.32. The van der Waals surface area contributed by atoms with Gasteiger partial charge in [-0.2, -0.15) is 0 Å². The topological polar surface area (TPSA) is 99.6 Å². The molecule has 6 rings (SSSR count). The molecule has 7 nitrogen and oxygen atoms in total. The van der Waals surface area contributed by atoms with Gasteiger partial charge in [0, 0.05) is 16.5 Å². The molecule has 0 atom stereocenters. The van der Waals surface area contributed by atoms with Gasteiger partial charge >= 0.3 is 11.9 Å². The molecule has 2 aromatic carbocycles. The molecule has 230 valence electrons.